The topological polar surface area (TPSA) is 30.5 Å². The lowest BCUT2D eigenvalue weighted by molar-refractivity contribution is -0.137. The smallest absolute Gasteiger partial charge is 0.416 e. The zero-order valence-corrected chi connectivity index (χ0v) is 14.8. The number of fused-ring (bicyclic) bond motifs is 1. The first-order valence-electron chi connectivity index (χ1n) is 8.77. The van der Waals surface area contributed by atoms with Gasteiger partial charge in [0.15, 0.2) is 11.5 Å². The molecule has 0 aliphatic carbocycles. The molecule has 0 fully saturated rings. The summed E-state index contributed by atoms with van der Waals surface area (Å²) in [5.74, 6) is 1.37. The summed E-state index contributed by atoms with van der Waals surface area (Å²) in [6.07, 6.45) is -3.50. The predicted molar refractivity (Wildman–Crippen MR) is 93.8 cm³/mol. The predicted octanol–water partition coefficient (Wildman–Crippen LogP) is 4.74. The highest BCUT2D eigenvalue weighted by Crippen LogP contribution is 2.38. The molecule has 1 N–H and O–H groups in total. The highest BCUT2D eigenvalue weighted by atomic mass is 19.4. The number of rotatable bonds is 5. The maximum absolute atomic E-state index is 12.8. The standard InChI is InChI=1S/C20H22F3NO2/c1-3-25-17-11-14-9-10-24-19(16(14)12-18(17)26-4-2)13-5-7-15(8-6-13)20(21,22)23/h5-8,11-12,19,24H,3-4,9-10H2,1-2H3. The van der Waals surface area contributed by atoms with Crippen molar-refractivity contribution in [1.82, 2.24) is 5.32 Å². The van der Waals surface area contributed by atoms with Crippen LogP contribution in [0.5, 0.6) is 11.5 Å². The van der Waals surface area contributed by atoms with Crippen LogP contribution in [0, 0.1) is 0 Å². The van der Waals surface area contributed by atoms with Crippen LogP contribution in [0.25, 0.3) is 0 Å². The maximum atomic E-state index is 12.8. The number of alkyl halides is 3. The summed E-state index contributed by atoms with van der Waals surface area (Å²) in [5, 5.41) is 3.39. The molecule has 140 valence electrons. The molecule has 0 saturated carbocycles. The van der Waals surface area contributed by atoms with Gasteiger partial charge in [-0.2, -0.15) is 13.2 Å². The highest BCUT2D eigenvalue weighted by molar-refractivity contribution is 5.51. The summed E-state index contributed by atoms with van der Waals surface area (Å²) < 4.78 is 49.8. The molecule has 3 rings (SSSR count). The fourth-order valence-electron chi connectivity index (χ4n) is 3.26. The average molecular weight is 365 g/mol. The Morgan fingerprint density at radius 1 is 1.00 bits per heavy atom. The van der Waals surface area contributed by atoms with Crippen molar-refractivity contribution in [3.63, 3.8) is 0 Å². The lowest BCUT2D eigenvalue weighted by Crippen LogP contribution is -2.30. The first kappa shape index (κ1) is 18.6. The van der Waals surface area contributed by atoms with Gasteiger partial charge in [-0.1, -0.05) is 12.1 Å². The van der Waals surface area contributed by atoms with Crippen molar-refractivity contribution in [1.29, 1.82) is 0 Å². The zero-order chi connectivity index (χ0) is 18.7. The minimum atomic E-state index is -4.33. The third-order valence-electron chi connectivity index (χ3n) is 4.43. The van der Waals surface area contributed by atoms with Crippen molar-refractivity contribution < 1.29 is 22.6 Å². The fourth-order valence-corrected chi connectivity index (χ4v) is 3.26. The van der Waals surface area contributed by atoms with Gasteiger partial charge in [-0.05, 0) is 61.2 Å². The van der Waals surface area contributed by atoms with Crippen LogP contribution in [0.3, 0.4) is 0 Å². The van der Waals surface area contributed by atoms with Gasteiger partial charge in [-0.15, -0.1) is 0 Å². The van der Waals surface area contributed by atoms with Gasteiger partial charge in [-0.25, -0.2) is 0 Å². The summed E-state index contributed by atoms with van der Waals surface area (Å²) in [6, 6.07) is 9.08. The summed E-state index contributed by atoms with van der Waals surface area (Å²) in [7, 11) is 0. The van der Waals surface area contributed by atoms with Crippen molar-refractivity contribution >= 4 is 0 Å². The molecular weight excluding hydrogens is 343 g/mol. The van der Waals surface area contributed by atoms with Gasteiger partial charge in [0, 0.05) is 6.54 Å². The molecular formula is C20H22F3NO2. The molecule has 3 nitrogen and oxygen atoms in total. The Hall–Kier alpha value is -2.21. The molecule has 0 bridgehead atoms. The Balaban J connectivity index is 1.98. The molecule has 1 heterocycles. The molecule has 1 aliphatic rings. The molecule has 0 radical (unpaired) electrons. The van der Waals surface area contributed by atoms with Gasteiger partial charge in [0.25, 0.3) is 0 Å². The Bertz CT molecular complexity index is 757. The number of nitrogens with one attached hydrogen (secondary N) is 1. The molecule has 0 aromatic heterocycles. The van der Waals surface area contributed by atoms with Gasteiger partial charge in [0.05, 0.1) is 24.8 Å². The van der Waals surface area contributed by atoms with E-state index in [9.17, 15) is 13.2 Å². The van der Waals surface area contributed by atoms with E-state index in [1.54, 1.807) is 0 Å². The van der Waals surface area contributed by atoms with Gasteiger partial charge in [0.2, 0.25) is 0 Å². The van der Waals surface area contributed by atoms with Crippen molar-refractivity contribution in [2.45, 2.75) is 32.5 Å². The molecule has 1 atom stereocenters. The largest absolute Gasteiger partial charge is 0.490 e. The second-order valence-electron chi connectivity index (χ2n) is 6.12. The van der Waals surface area contributed by atoms with Crippen molar-refractivity contribution in [3.05, 3.63) is 58.7 Å². The third kappa shape index (κ3) is 3.80. The monoisotopic (exact) mass is 365 g/mol. The Morgan fingerprint density at radius 3 is 2.19 bits per heavy atom. The van der Waals surface area contributed by atoms with Crippen LogP contribution in [0.1, 0.15) is 42.1 Å². The summed E-state index contributed by atoms with van der Waals surface area (Å²) in [4.78, 5) is 0. The molecule has 0 amide bonds. The van der Waals surface area contributed by atoms with Crippen LogP contribution in [0.4, 0.5) is 13.2 Å². The average Bonchev–Trinajstić information content (AvgIpc) is 2.61. The van der Waals surface area contributed by atoms with E-state index in [1.165, 1.54) is 12.1 Å². The highest BCUT2D eigenvalue weighted by Gasteiger charge is 2.31. The van der Waals surface area contributed by atoms with E-state index >= 15 is 0 Å². The number of halogens is 3. The first-order valence-corrected chi connectivity index (χ1v) is 8.77. The Labute approximate surface area is 151 Å². The van der Waals surface area contributed by atoms with Gasteiger partial charge in [-0.3, -0.25) is 0 Å². The van der Waals surface area contributed by atoms with E-state index in [0.29, 0.717) is 24.7 Å². The van der Waals surface area contributed by atoms with Crippen LogP contribution in [-0.2, 0) is 12.6 Å². The molecule has 2 aromatic rings. The van der Waals surface area contributed by atoms with E-state index in [1.807, 2.05) is 26.0 Å². The lowest BCUT2D eigenvalue weighted by Gasteiger charge is -2.29. The number of hydrogen-bond donors (Lipinski definition) is 1. The van der Waals surface area contributed by atoms with E-state index in [2.05, 4.69) is 5.32 Å². The van der Waals surface area contributed by atoms with Crippen molar-refractivity contribution in [2.75, 3.05) is 19.8 Å². The van der Waals surface area contributed by atoms with E-state index < -0.39 is 11.7 Å². The maximum Gasteiger partial charge on any atom is 0.416 e. The Kier molecular flexibility index (Phi) is 5.41. The third-order valence-corrected chi connectivity index (χ3v) is 4.43. The second kappa shape index (κ2) is 7.58. The second-order valence-corrected chi connectivity index (χ2v) is 6.12. The molecule has 1 aliphatic heterocycles. The molecule has 0 saturated heterocycles. The fraction of sp³-hybridized carbons (Fsp3) is 0.400. The van der Waals surface area contributed by atoms with Crippen LogP contribution >= 0.6 is 0 Å². The molecule has 26 heavy (non-hydrogen) atoms. The summed E-state index contributed by atoms with van der Waals surface area (Å²) in [6.45, 7) is 5.62. The van der Waals surface area contributed by atoms with Gasteiger partial charge >= 0.3 is 6.18 Å². The van der Waals surface area contributed by atoms with Gasteiger partial charge < -0.3 is 14.8 Å². The zero-order valence-electron chi connectivity index (χ0n) is 14.8. The molecule has 0 spiro atoms. The summed E-state index contributed by atoms with van der Waals surface area (Å²) in [5.41, 5.74) is 2.30. The van der Waals surface area contributed by atoms with Crippen LogP contribution in [0.2, 0.25) is 0 Å². The quantitative estimate of drug-likeness (QED) is 0.830. The molecule has 2 aromatic carbocycles. The molecule has 1 unspecified atom stereocenters. The van der Waals surface area contributed by atoms with Crippen LogP contribution in [-0.4, -0.2) is 19.8 Å². The Morgan fingerprint density at radius 2 is 1.62 bits per heavy atom. The van der Waals surface area contributed by atoms with E-state index in [4.69, 9.17) is 9.47 Å². The summed E-state index contributed by atoms with van der Waals surface area (Å²) >= 11 is 0. The van der Waals surface area contributed by atoms with Crippen molar-refractivity contribution in [3.8, 4) is 11.5 Å². The minimum absolute atomic E-state index is 0.170. The number of benzene rings is 2. The minimum Gasteiger partial charge on any atom is -0.490 e. The number of ether oxygens (including phenoxy) is 2. The van der Waals surface area contributed by atoms with E-state index in [-0.39, 0.29) is 6.04 Å². The van der Waals surface area contributed by atoms with Gasteiger partial charge in [0.1, 0.15) is 0 Å². The molecule has 6 heteroatoms. The van der Waals surface area contributed by atoms with Crippen LogP contribution < -0.4 is 14.8 Å². The normalized spacial score (nSPS) is 16.9. The lowest BCUT2D eigenvalue weighted by atomic mass is 9.89. The van der Waals surface area contributed by atoms with Crippen LogP contribution in [0.15, 0.2) is 36.4 Å². The number of hydrogen-bond acceptors (Lipinski definition) is 3. The van der Waals surface area contributed by atoms with Crippen molar-refractivity contribution in [2.24, 2.45) is 0 Å². The SMILES string of the molecule is CCOc1cc2c(cc1OCC)C(c1ccc(C(F)(F)F)cc1)NCC2. The first-order chi connectivity index (χ1) is 12.4. The van der Waals surface area contributed by atoms with E-state index in [0.717, 1.165) is 41.8 Å².